The van der Waals surface area contributed by atoms with Crippen LogP contribution in [0.5, 0.6) is 5.75 Å². The van der Waals surface area contributed by atoms with Gasteiger partial charge in [0.25, 0.3) is 0 Å². The number of amides is 1. The Balaban J connectivity index is 1.54. The zero-order chi connectivity index (χ0) is 17.6. The van der Waals surface area contributed by atoms with Gasteiger partial charge in [-0.25, -0.2) is 0 Å². The van der Waals surface area contributed by atoms with Crippen LogP contribution in [0.1, 0.15) is 25.7 Å². The summed E-state index contributed by atoms with van der Waals surface area (Å²) in [6.07, 6.45) is 1.73. The highest BCUT2D eigenvalue weighted by atomic mass is 16.5. The van der Waals surface area contributed by atoms with Crippen molar-refractivity contribution >= 4 is 5.91 Å². The lowest BCUT2D eigenvalue weighted by Crippen LogP contribution is -2.40. The molecule has 25 heavy (non-hydrogen) atoms. The first-order chi connectivity index (χ1) is 12.2. The van der Waals surface area contributed by atoms with Gasteiger partial charge in [0, 0.05) is 18.0 Å². The number of hydrogen-bond donors (Lipinski definition) is 1. The summed E-state index contributed by atoms with van der Waals surface area (Å²) in [6.45, 7) is 4.98. The summed E-state index contributed by atoms with van der Waals surface area (Å²) in [6, 6.07) is 7.56. The van der Waals surface area contributed by atoms with Crippen LogP contribution in [0.4, 0.5) is 0 Å². The third-order valence-electron chi connectivity index (χ3n) is 4.48. The van der Waals surface area contributed by atoms with E-state index in [2.05, 4.69) is 20.4 Å². The molecular weight excluding hydrogens is 320 g/mol. The Hall–Kier alpha value is -2.41. The fourth-order valence-electron chi connectivity index (χ4n) is 3.04. The highest BCUT2D eigenvalue weighted by Crippen LogP contribution is 2.22. The van der Waals surface area contributed by atoms with Crippen molar-refractivity contribution in [3.05, 3.63) is 30.2 Å². The monoisotopic (exact) mass is 344 g/mol. The summed E-state index contributed by atoms with van der Waals surface area (Å²) in [4.78, 5) is 18.6. The van der Waals surface area contributed by atoms with Crippen molar-refractivity contribution in [2.45, 2.75) is 26.3 Å². The van der Waals surface area contributed by atoms with Gasteiger partial charge in [0.05, 0.1) is 13.7 Å². The zero-order valence-corrected chi connectivity index (χ0v) is 14.7. The number of methoxy groups -OCH3 is 1. The molecule has 1 aromatic carbocycles. The van der Waals surface area contributed by atoms with Gasteiger partial charge >= 0.3 is 0 Å². The SMILES string of the molecule is CCNC(=O)C1CCN(Cc2nc(-c3ccc(OC)cc3)no2)CC1. The summed E-state index contributed by atoms with van der Waals surface area (Å²) in [5.41, 5.74) is 0.894. The number of likely N-dealkylation sites (tertiary alicyclic amines) is 1. The first-order valence-electron chi connectivity index (χ1n) is 8.66. The summed E-state index contributed by atoms with van der Waals surface area (Å²) < 4.78 is 10.5. The van der Waals surface area contributed by atoms with E-state index < -0.39 is 0 Å². The van der Waals surface area contributed by atoms with Crippen LogP contribution in [0.15, 0.2) is 28.8 Å². The fraction of sp³-hybridized carbons (Fsp3) is 0.500. The van der Waals surface area contributed by atoms with Crippen molar-refractivity contribution in [2.75, 3.05) is 26.7 Å². The number of hydrogen-bond acceptors (Lipinski definition) is 6. The van der Waals surface area contributed by atoms with E-state index in [4.69, 9.17) is 9.26 Å². The molecule has 2 heterocycles. The van der Waals surface area contributed by atoms with Crippen LogP contribution in [0.25, 0.3) is 11.4 Å². The van der Waals surface area contributed by atoms with Crippen molar-refractivity contribution in [1.82, 2.24) is 20.4 Å². The van der Waals surface area contributed by atoms with Gasteiger partial charge in [-0.15, -0.1) is 0 Å². The molecule has 0 saturated carbocycles. The van der Waals surface area contributed by atoms with Crippen molar-refractivity contribution in [2.24, 2.45) is 5.92 Å². The Morgan fingerprint density at radius 2 is 2.04 bits per heavy atom. The Morgan fingerprint density at radius 3 is 2.68 bits per heavy atom. The molecule has 1 saturated heterocycles. The first kappa shape index (κ1) is 17.4. The second-order valence-corrected chi connectivity index (χ2v) is 6.19. The van der Waals surface area contributed by atoms with Crippen LogP contribution in [0.3, 0.4) is 0 Å². The predicted molar refractivity (Wildman–Crippen MR) is 93.0 cm³/mol. The van der Waals surface area contributed by atoms with Crippen molar-refractivity contribution in [3.8, 4) is 17.1 Å². The molecule has 1 aromatic heterocycles. The number of piperidine rings is 1. The number of aromatic nitrogens is 2. The minimum absolute atomic E-state index is 0.119. The molecule has 1 aliphatic rings. The van der Waals surface area contributed by atoms with Crippen LogP contribution in [0, 0.1) is 5.92 Å². The number of carbonyl (C=O) groups is 1. The van der Waals surface area contributed by atoms with Gasteiger partial charge in [-0.2, -0.15) is 4.98 Å². The van der Waals surface area contributed by atoms with Crippen LogP contribution in [0.2, 0.25) is 0 Å². The van der Waals surface area contributed by atoms with Crippen LogP contribution in [-0.4, -0.2) is 47.7 Å². The Morgan fingerprint density at radius 1 is 1.32 bits per heavy atom. The van der Waals surface area contributed by atoms with E-state index in [0.717, 1.165) is 37.2 Å². The van der Waals surface area contributed by atoms with Gasteiger partial charge in [0.15, 0.2) is 0 Å². The molecule has 1 aliphatic heterocycles. The molecule has 1 N–H and O–H groups in total. The Bertz CT molecular complexity index is 691. The number of rotatable bonds is 6. The van der Waals surface area contributed by atoms with Gasteiger partial charge in [-0.05, 0) is 57.1 Å². The molecule has 2 aromatic rings. The van der Waals surface area contributed by atoms with E-state index in [1.807, 2.05) is 31.2 Å². The van der Waals surface area contributed by atoms with E-state index in [1.165, 1.54) is 0 Å². The molecule has 0 radical (unpaired) electrons. The largest absolute Gasteiger partial charge is 0.497 e. The van der Waals surface area contributed by atoms with Gasteiger partial charge in [0.1, 0.15) is 5.75 Å². The van der Waals surface area contributed by atoms with E-state index in [-0.39, 0.29) is 11.8 Å². The molecule has 0 aliphatic carbocycles. The number of nitrogens with zero attached hydrogens (tertiary/aromatic N) is 3. The predicted octanol–water partition coefficient (Wildman–Crippen LogP) is 2.09. The maximum absolute atomic E-state index is 11.9. The van der Waals surface area contributed by atoms with Crippen LogP contribution < -0.4 is 10.1 Å². The Labute approximate surface area is 147 Å². The topological polar surface area (TPSA) is 80.5 Å². The summed E-state index contributed by atoms with van der Waals surface area (Å²) in [5, 5.41) is 6.96. The van der Waals surface area contributed by atoms with Crippen LogP contribution in [-0.2, 0) is 11.3 Å². The van der Waals surface area contributed by atoms with Gasteiger partial charge in [0.2, 0.25) is 17.6 Å². The quantitative estimate of drug-likeness (QED) is 0.864. The van der Waals surface area contributed by atoms with E-state index in [0.29, 0.717) is 24.8 Å². The summed E-state index contributed by atoms with van der Waals surface area (Å²) >= 11 is 0. The lowest BCUT2D eigenvalue weighted by molar-refractivity contribution is -0.126. The minimum atomic E-state index is 0.119. The van der Waals surface area contributed by atoms with Crippen molar-refractivity contribution in [3.63, 3.8) is 0 Å². The lowest BCUT2D eigenvalue weighted by atomic mass is 9.96. The highest BCUT2D eigenvalue weighted by molar-refractivity contribution is 5.78. The zero-order valence-electron chi connectivity index (χ0n) is 14.7. The van der Waals surface area contributed by atoms with E-state index in [1.54, 1.807) is 7.11 Å². The van der Waals surface area contributed by atoms with Gasteiger partial charge in [-0.1, -0.05) is 5.16 Å². The lowest BCUT2D eigenvalue weighted by Gasteiger charge is -2.30. The number of ether oxygens (including phenoxy) is 1. The van der Waals surface area contributed by atoms with E-state index in [9.17, 15) is 4.79 Å². The first-order valence-corrected chi connectivity index (χ1v) is 8.66. The molecule has 3 rings (SSSR count). The maximum Gasteiger partial charge on any atom is 0.241 e. The average Bonchev–Trinajstić information content (AvgIpc) is 3.11. The molecule has 134 valence electrons. The number of benzene rings is 1. The fourth-order valence-corrected chi connectivity index (χ4v) is 3.04. The van der Waals surface area contributed by atoms with Crippen LogP contribution >= 0.6 is 0 Å². The third kappa shape index (κ3) is 4.36. The van der Waals surface area contributed by atoms with E-state index >= 15 is 0 Å². The van der Waals surface area contributed by atoms with Crippen molar-refractivity contribution in [1.29, 1.82) is 0 Å². The maximum atomic E-state index is 11.9. The molecule has 0 bridgehead atoms. The summed E-state index contributed by atoms with van der Waals surface area (Å²) in [7, 11) is 1.64. The molecule has 0 spiro atoms. The second-order valence-electron chi connectivity index (χ2n) is 6.19. The van der Waals surface area contributed by atoms with Gasteiger partial charge < -0.3 is 14.6 Å². The van der Waals surface area contributed by atoms with Crippen molar-refractivity contribution < 1.29 is 14.1 Å². The molecule has 0 atom stereocenters. The Kier molecular flexibility index (Phi) is 5.65. The third-order valence-corrected chi connectivity index (χ3v) is 4.48. The molecule has 1 fully saturated rings. The normalized spacial score (nSPS) is 15.9. The molecular formula is C18H24N4O3. The van der Waals surface area contributed by atoms with Gasteiger partial charge in [-0.3, -0.25) is 9.69 Å². The standard InChI is InChI=1S/C18H24N4O3/c1-3-19-18(23)14-8-10-22(11-9-14)12-16-20-17(21-25-16)13-4-6-15(24-2)7-5-13/h4-7,14H,3,8-12H2,1-2H3,(H,19,23). The summed E-state index contributed by atoms with van der Waals surface area (Å²) in [5.74, 6) is 2.26. The highest BCUT2D eigenvalue weighted by Gasteiger charge is 2.25. The minimum Gasteiger partial charge on any atom is -0.497 e. The molecule has 7 heteroatoms. The number of carbonyl (C=O) groups excluding carboxylic acids is 1. The molecule has 0 unspecified atom stereocenters. The molecule has 1 amide bonds. The smallest absolute Gasteiger partial charge is 0.241 e. The molecule has 7 nitrogen and oxygen atoms in total. The average molecular weight is 344 g/mol. The second kappa shape index (κ2) is 8.11. The number of nitrogens with one attached hydrogen (secondary N) is 1.